The lowest BCUT2D eigenvalue weighted by molar-refractivity contribution is 0.102. The Morgan fingerprint density at radius 2 is 1.86 bits per heavy atom. The van der Waals surface area contributed by atoms with Crippen molar-refractivity contribution in [2.45, 2.75) is 6.92 Å². The monoisotopic (exact) mass is 385 g/mol. The number of imidazole rings is 1. The van der Waals surface area contributed by atoms with Crippen molar-refractivity contribution in [2.24, 2.45) is 0 Å². The van der Waals surface area contributed by atoms with Gasteiger partial charge in [0, 0.05) is 34.0 Å². The fourth-order valence-electron chi connectivity index (χ4n) is 3.39. The molecule has 0 atom stereocenters. The van der Waals surface area contributed by atoms with E-state index >= 15 is 0 Å². The van der Waals surface area contributed by atoms with E-state index in [9.17, 15) is 9.18 Å². The molecule has 3 N–H and O–H groups in total. The summed E-state index contributed by atoms with van der Waals surface area (Å²) < 4.78 is 13.2. The molecule has 142 valence electrons. The number of aromatic nitrogens is 4. The van der Waals surface area contributed by atoms with E-state index in [1.807, 2.05) is 31.2 Å². The molecule has 1 amide bonds. The van der Waals surface area contributed by atoms with E-state index < -0.39 is 0 Å². The lowest BCUT2D eigenvalue weighted by Gasteiger charge is -2.06. The SMILES string of the molecule is Cc1cc2cc(NC(=O)c3ccnc4[nH]c(-c5ccc(F)cc5)nc34)ccc2[nH]1. The van der Waals surface area contributed by atoms with Gasteiger partial charge in [-0.25, -0.2) is 14.4 Å². The third kappa shape index (κ3) is 3.12. The van der Waals surface area contributed by atoms with E-state index in [-0.39, 0.29) is 11.7 Å². The number of benzene rings is 2. The number of nitrogens with one attached hydrogen (secondary N) is 3. The number of H-pyrrole nitrogens is 2. The van der Waals surface area contributed by atoms with Crippen LogP contribution in [0.15, 0.2) is 60.8 Å². The molecule has 0 aliphatic rings. The highest BCUT2D eigenvalue weighted by atomic mass is 19.1. The van der Waals surface area contributed by atoms with Gasteiger partial charge in [0.15, 0.2) is 5.65 Å². The molecule has 0 fully saturated rings. The van der Waals surface area contributed by atoms with Crippen LogP contribution in [0.3, 0.4) is 0 Å². The molecule has 29 heavy (non-hydrogen) atoms. The van der Waals surface area contributed by atoms with Crippen LogP contribution in [0.2, 0.25) is 0 Å². The first-order valence-electron chi connectivity index (χ1n) is 9.08. The van der Waals surface area contributed by atoms with E-state index in [4.69, 9.17) is 0 Å². The van der Waals surface area contributed by atoms with Gasteiger partial charge in [-0.2, -0.15) is 0 Å². The normalized spacial score (nSPS) is 11.2. The second-order valence-corrected chi connectivity index (χ2v) is 6.86. The number of aromatic amines is 2. The Morgan fingerprint density at radius 1 is 1.03 bits per heavy atom. The minimum absolute atomic E-state index is 0.277. The van der Waals surface area contributed by atoms with Crippen LogP contribution in [0, 0.1) is 12.7 Å². The number of rotatable bonds is 3. The maximum absolute atomic E-state index is 13.2. The number of carbonyl (C=O) groups is 1. The zero-order chi connectivity index (χ0) is 20.0. The molecule has 0 radical (unpaired) electrons. The van der Waals surface area contributed by atoms with Crippen LogP contribution in [-0.4, -0.2) is 25.8 Å². The molecular weight excluding hydrogens is 369 g/mol. The number of amides is 1. The summed E-state index contributed by atoms with van der Waals surface area (Å²) in [4.78, 5) is 28.0. The van der Waals surface area contributed by atoms with Crippen molar-refractivity contribution in [1.29, 1.82) is 0 Å². The highest BCUT2D eigenvalue weighted by molar-refractivity contribution is 6.11. The smallest absolute Gasteiger partial charge is 0.258 e. The molecule has 3 aromatic heterocycles. The lowest BCUT2D eigenvalue weighted by Crippen LogP contribution is -2.12. The molecule has 0 aliphatic carbocycles. The molecule has 2 aromatic carbocycles. The first-order valence-corrected chi connectivity index (χ1v) is 9.08. The molecule has 0 saturated heterocycles. The van der Waals surface area contributed by atoms with Crippen LogP contribution < -0.4 is 5.32 Å². The second kappa shape index (κ2) is 6.56. The quantitative estimate of drug-likeness (QED) is 0.417. The standard InChI is InChI=1S/C22H16FN5O/c1-12-10-14-11-16(6-7-18(14)25-12)26-22(29)17-8-9-24-21-19(17)27-20(28-21)13-2-4-15(23)5-3-13/h2-11,25H,1H3,(H,26,29)(H,24,27,28). The van der Waals surface area contributed by atoms with Crippen LogP contribution in [0.4, 0.5) is 10.1 Å². The zero-order valence-electron chi connectivity index (χ0n) is 15.5. The number of hydrogen-bond acceptors (Lipinski definition) is 3. The van der Waals surface area contributed by atoms with Crippen molar-refractivity contribution in [3.63, 3.8) is 0 Å². The highest BCUT2D eigenvalue weighted by Crippen LogP contribution is 2.24. The van der Waals surface area contributed by atoms with Crippen LogP contribution >= 0.6 is 0 Å². The number of carbonyl (C=O) groups excluding carboxylic acids is 1. The molecule has 0 saturated carbocycles. The molecular formula is C22H16FN5O. The van der Waals surface area contributed by atoms with E-state index in [1.165, 1.54) is 12.1 Å². The van der Waals surface area contributed by atoms with Crippen LogP contribution in [0.25, 0.3) is 33.5 Å². The second-order valence-electron chi connectivity index (χ2n) is 6.86. The Labute approximate surface area is 164 Å². The third-order valence-electron chi connectivity index (χ3n) is 4.76. The first-order chi connectivity index (χ1) is 14.1. The average Bonchev–Trinajstić information content (AvgIpc) is 3.30. The van der Waals surface area contributed by atoms with Crippen molar-refractivity contribution in [3.8, 4) is 11.4 Å². The number of aryl methyl sites for hydroxylation is 1. The molecule has 0 aliphatic heterocycles. The van der Waals surface area contributed by atoms with Crippen molar-refractivity contribution in [2.75, 3.05) is 5.32 Å². The molecule has 0 bridgehead atoms. The Morgan fingerprint density at radius 3 is 2.69 bits per heavy atom. The van der Waals surface area contributed by atoms with Gasteiger partial charge < -0.3 is 15.3 Å². The fraction of sp³-hybridized carbons (Fsp3) is 0.0455. The predicted molar refractivity (Wildman–Crippen MR) is 110 cm³/mol. The van der Waals surface area contributed by atoms with Crippen molar-refractivity contribution < 1.29 is 9.18 Å². The predicted octanol–water partition coefficient (Wildman–Crippen LogP) is 4.81. The van der Waals surface area contributed by atoms with Gasteiger partial charge in [0.25, 0.3) is 5.91 Å². The molecule has 6 nitrogen and oxygen atoms in total. The summed E-state index contributed by atoms with van der Waals surface area (Å²) in [5.41, 5.74) is 4.85. The Bertz CT molecular complexity index is 1370. The van der Waals surface area contributed by atoms with Gasteiger partial charge in [-0.3, -0.25) is 4.79 Å². The Hall–Kier alpha value is -4.00. The maximum atomic E-state index is 13.2. The highest BCUT2D eigenvalue weighted by Gasteiger charge is 2.16. The van der Waals surface area contributed by atoms with Gasteiger partial charge in [-0.1, -0.05) is 0 Å². The number of halogens is 1. The number of fused-ring (bicyclic) bond motifs is 2. The van der Waals surface area contributed by atoms with Crippen molar-refractivity contribution >= 4 is 33.7 Å². The first kappa shape index (κ1) is 17.1. The minimum Gasteiger partial charge on any atom is -0.359 e. The van der Waals surface area contributed by atoms with Crippen LogP contribution in [0.1, 0.15) is 16.1 Å². The van der Waals surface area contributed by atoms with Gasteiger partial charge >= 0.3 is 0 Å². The number of anilines is 1. The summed E-state index contributed by atoms with van der Waals surface area (Å²) in [6.45, 7) is 1.99. The number of nitrogens with zero attached hydrogens (tertiary/aromatic N) is 2. The number of hydrogen-bond donors (Lipinski definition) is 3. The summed E-state index contributed by atoms with van der Waals surface area (Å²) in [5.74, 6) is -0.0734. The van der Waals surface area contributed by atoms with Gasteiger partial charge in [-0.15, -0.1) is 0 Å². The van der Waals surface area contributed by atoms with Crippen LogP contribution in [0.5, 0.6) is 0 Å². The van der Waals surface area contributed by atoms with E-state index in [2.05, 4.69) is 25.3 Å². The minimum atomic E-state index is -0.322. The van der Waals surface area contributed by atoms with Crippen molar-refractivity contribution in [1.82, 2.24) is 19.9 Å². The summed E-state index contributed by atoms with van der Waals surface area (Å²) in [6, 6.07) is 15.3. The molecule has 0 unspecified atom stereocenters. The fourth-order valence-corrected chi connectivity index (χ4v) is 3.39. The molecule has 7 heteroatoms. The van der Waals surface area contributed by atoms with E-state index in [0.29, 0.717) is 33.8 Å². The molecule has 0 spiro atoms. The van der Waals surface area contributed by atoms with Gasteiger partial charge in [0.2, 0.25) is 0 Å². The average molecular weight is 385 g/mol. The summed E-state index contributed by atoms with van der Waals surface area (Å²) in [5, 5.41) is 3.95. The molecule has 5 rings (SSSR count). The maximum Gasteiger partial charge on any atom is 0.258 e. The Kier molecular flexibility index (Phi) is 3.87. The van der Waals surface area contributed by atoms with Gasteiger partial charge in [0.1, 0.15) is 17.2 Å². The van der Waals surface area contributed by atoms with Gasteiger partial charge in [-0.05, 0) is 61.5 Å². The summed E-state index contributed by atoms with van der Waals surface area (Å²) in [6.07, 6.45) is 1.56. The lowest BCUT2D eigenvalue weighted by atomic mass is 10.2. The topological polar surface area (TPSA) is 86.5 Å². The van der Waals surface area contributed by atoms with E-state index in [0.717, 1.165) is 16.6 Å². The summed E-state index contributed by atoms with van der Waals surface area (Å²) in [7, 11) is 0. The van der Waals surface area contributed by atoms with Gasteiger partial charge in [0.05, 0.1) is 5.56 Å². The largest absolute Gasteiger partial charge is 0.359 e. The zero-order valence-corrected chi connectivity index (χ0v) is 15.5. The summed E-state index contributed by atoms with van der Waals surface area (Å²) >= 11 is 0. The van der Waals surface area contributed by atoms with E-state index in [1.54, 1.807) is 24.4 Å². The van der Waals surface area contributed by atoms with Crippen LogP contribution in [-0.2, 0) is 0 Å². The van der Waals surface area contributed by atoms with Crippen molar-refractivity contribution in [3.05, 3.63) is 77.9 Å². The molecule has 3 heterocycles. The third-order valence-corrected chi connectivity index (χ3v) is 4.76. The number of pyridine rings is 1. The Balaban J connectivity index is 1.49. The molecule has 5 aromatic rings.